The van der Waals surface area contributed by atoms with Crippen molar-refractivity contribution >= 4 is 15.8 Å². The number of rotatable bonds is 4. The van der Waals surface area contributed by atoms with E-state index in [0.717, 1.165) is 18.9 Å². The normalized spacial score (nSPS) is 27.4. The molecule has 0 radical (unpaired) electrons. The van der Waals surface area contributed by atoms with Gasteiger partial charge in [0.15, 0.2) is 15.8 Å². The van der Waals surface area contributed by atoms with Gasteiger partial charge in [0, 0.05) is 19.1 Å². The van der Waals surface area contributed by atoms with Crippen molar-refractivity contribution in [2.75, 3.05) is 24.6 Å². The van der Waals surface area contributed by atoms with Gasteiger partial charge in [0.2, 0.25) is 0 Å². The molecule has 0 unspecified atom stereocenters. The molecule has 20 heavy (non-hydrogen) atoms. The second-order valence-electron chi connectivity index (χ2n) is 5.97. The second kappa shape index (κ2) is 7.29. The molecule has 5 nitrogen and oxygen atoms in total. The third kappa shape index (κ3) is 4.96. The Morgan fingerprint density at radius 1 is 1.20 bits per heavy atom. The van der Waals surface area contributed by atoms with Crippen LogP contribution in [0.3, 0.4) is 0 Å². The molecule has 0 aromatic rings. The Hall–Kier alpha value is -0.780. The Morgan fingerprint density at radius 3 is 2.55 bits per heavy atom. The maximum atomic E-state index is 11.4. The summed E-state index contributed by atoms with van der Waals surface area (Å²) in [6, 6.07) is 0.522. The topological polar surface area (TPSA) is 70.6 Å². The molecular weight excluding hydrogens is 274 g/mol. The Labute approximate surface area is 122 Å². The van der Waals surface area contributed by atoms with E-state index in [1.165, 1.54) is 32.1 Å². The van der Waals surface area contributed by atoms with Gasteiger partial charge >= 0.3 is 0 Å². The van der Waals surface area contributed by atoms with E-state index in [1.54, 1.807) is 0 Å². The number of aliphatic imine (C=N–C) groups is 1. The zero-order chi connectivity index (χ0) is 14.4. The highest BCUT2D eigenvalue weighted by Gasteiger charge is 2.27. The molecule has 0 amide bonds. The summed E-state index contributed by atoms with van der Waals surface area (Å²) in [6.07, 6.45) is 7.10. The molecule has 0 spiro atoms. The van der Waals surface area contributed by atoms with Crippen molar-refractivity contribution < 1.29 is 8.42 Å². The van der Waals surface area contributed by atoms with Crippen LogP contribution in [0.25, 0.3) is 0 Å². The van der Waals surface area contributed by atoms with Gasteiger partial charge in [-0.15, -0.1) is 0 Å². The molecule has 1 aliphatic carbocycles. The van der Waals surface area contributed by atoms with Crippen LogP contribution in [0, 0.1) is 5.92 Å². The molecular formula is C14H27N3O2S. The molecule has 2 rings (SSSR count). The van der Waals surface area contributed by atoms with E-state index in [4.69, 9.17) is 0 Å². The van der Waals surface area contributed by atoms with E-state index in [0.29, 0.717) is 24.1 Å². The maximum Gasteiger partial charge on any atom is 0.191 e. The molecule has 6 heteroatoms. The lowest BCUT2D eigenvalue weighted by molar-refractivity contribution is 0.409. The van der Waals surface area contributed by atoms with Crippen molar-refractivity contribution in [3.63, 3.8) is 0 Å². The summed E-state index contributed by atoms with van der Waals surface area (Å²) in [4.78, 5) is 4.59. The van der Waals surface area contributed by atoms with Crippen LogP contribution < -0.4 is 10.6 Å². The Balaban J connectivity index is 1.85. The lowest BCUT2D eigenvalue weighted by atomic mass is 9.96. The highest BCUT2D eigenvalue weighted by Crippen LogP contribution is 2.19. The van der Waals surface area contributed by atoms with Crippen LogP contribution in [-0.4, -0.2) is 45.0 Å². The third-order valence-electron chi connectivity index (χ3n) is 4.12. The fraction of sp³-hybridized carbons (Fsp3) is 0.929. The van der Waals surface area contributed by atoms with E-state index in [-0.39, 0.29) is 5.92 Å². The van der Waals surface area contributed by atoms with Crippen molar-refractivity contribution in [2.24, 2.45) is 10.9 Å². The van der Waals surface area contributed by atoms with Crippen LogP contribution in [0.15, 0.2) is 4.99 Å². The zero-order valence-corrected chi connectivity index (χ0v) is 13.2. The van der Waals surface area contributed by atoms with E-state index in [9.17, 15) is 8.42 Å². The molecule has 0 aromatic heterocycles. The van der Waals surface area contributed by atoms with Crippen molar-refractivity contribution in [2.45, 2.75) is 51.5 Å². The standard InChI is InChI=1S/C14H27N3O2S/c1-2-15-14(17-13-6-4-3-5-7-13)16-10-12-8-9-20(18,19)11-12/h12-13H,2-11H2,1H3,(H2,15,16,17)/t12-/m1/s1. The summed E-state index contributed by atoms with van der Waals surface area (Å²) in [5, 5.41) is 6.76. The zero-order valence-electron chi connectivity index (χ0n) is 12.4. The molecule has 1 heterocycles. The molecule has 1 aliphatic heterocycles. The molecule has 2 fully saturated rings. The fourth-order valence-electron chi connectivity index (χ4n) is 3.00. The van der Waals surface area contributed by atoms with Gasteiger partial charge in [-0.05, 0) is 32.1 Å². The average Bonchev–Trinajstić information content (AvgIpc) is 2.77. The number of hydrogen-bond acceptors (Lipinski definition) is 3. The van der Waals surface area contributed by atoms with Gasteiger partial charge in [-0.1, -0.05) is 19.3 Å². The largest absolute Gasteiger partial charge is 0.357 e. The van der Waals surface area contributed by atoms with Crippen LogP contribution in [0.5, 0.6) is 0 Å². The van der Waals surface area contributed by atoms with Gasteiger partial charge in [0.1, 0.15) is 0 Å². The van der Waals surface area contributed by atoms with Gasteiger partial charge in [0.25, 0.3) is 0 Å². The van der Waals surface area contributed by atoms with Crippen molar-refractivity contribution in [3.8, 4) is 0 Å². The number of guanidine groups is 1. The first-order valence-electron chi connectivity index (χ1n) is 7.84. The first kappa shape index (κ1) is 15.6. The molecule has 0 bridgehead atoms. The fourth-order valence-corrected chi connectivity index (χ4v) is 4.85. The predicted molar refractivity (Wildman–Crippen MR) is 82.7 cm³/mol. The molecule has 1 saturated carbocycles. The monoisotopic (exact) mass is 301 g/mol. The third-order valence-corrected chi connectivity index (χ3v) is 5.96. The first-order valence-corrected chi connectivity index (χ1v) is 9.66. The summed E-state index contributed by atoms with van der Waals surface area (Å²) in [5.74, 6) is 1.68. The minimum absolute atomic E-state index is 0.196. The summed E-state index contributed by atoms with van der Waals surface area (Å²) in [7, 11) is -2.79. The second-order valence-corrected chi connectivity index (χ2v) is 8.20. The highest BCUT2D eigenvalue weighted by atomic mass is 32.2. The molecule has 1 atom stereocenters. The minimum Gasteiger partial charge on any atom is -0.357 e. The highest BCUT2D eigenvalue weighted by molar-refractivity contribution is 7.91. The van der Waals surface area contributed by atoms with E-state index in [1.807, 2.05) is 0 Å². The lowest BCUT2D eigenvalue weighted by Gasteiger charge is -2.25. The number of nitrogens with one attached hydrogen (secondary N) is 2. The molecule has 2 aliphatic rings. The molecule has 2 N–H and O–H groups in total. The number of hydrogen-bond donors (Lipinski definition) is 2. The Bertz CT molecular complexity index is 428. The van der Waals surface area contributed by atoms with Crippen LogP contribution in [-0.2, 0) is 9.84 Å². The van der Waals surface area contributed by atoms with Crippen molar-refractivity contribution in [3.05, 3.63) is 0 Å². The smallest absolute Gasteiger partial charge is 0.191 e. The van der Waals surface area contributed by atoms with Crippen LogP contribution in [0.4, 0.5) is 0 Å². The summed E-state index contributed by atoms with van der Waals surface area (Å²) >= 11 is 0. The first-order chi connectivity index (χ1) is 9.59. The van der Waals surface area contributed by atoms with E-state index >= 15 is 0 Å². The summed E-state index contributed by atoms with van der Waals surface area (Å²) in [6.45, 7) is 3.50. The van der Waals surface area contributed by atoms with Crippen molar-refractivity contribution in [1.29, 1.82) is 0 Å². The average molecular weight is 301 g/mol. The molecule has 1 saturated heterocycles. The lowest BCUT2D eigenvalue weighted by Crippen LogP contribution is -2.44. The number of nitrogens with zero attached hydrogens (tertiary/aromatic N) is 1. The molecule has 0 aromatic carbocycles. The van der Waals surface area contributed by atoms with Crippen molar-refractivity contribution in [1.82, 2.24) is 10.6 Å². The van der Waals surface area contributed by atoms with Crippen LogP contribution in [0.1, 0.15) is 45.4 Å². The van der Waals surface area contributed by atoms with E-state index in [2.05, 4.69) is 22.5 Å². The van der Waals surface area contributed by atoms with Crippen LogP contribution >= 0.6 is 0 Å². The quantitative estimate of drug-likeness (QED) is 0.607. The number of sulfone groups is 1. The van der Waals surface area contributed by atoms with Gasteiger partial charge in [0.05, 0.1) is 11.5 Å². The SMILES string of the molecule is CCNC(=NC[C@H]1CCS(=O)(=O)C1)NC1CCCCC1. The summed E-state index contributed by atoms with van der Waals surface area (Å²) < 4.78 is 22.9. The summed E-state index contributed by atoms with van der Waals surface area (Å²) in [5.41, 5.74) is 0. The van der Waals surface area contributed by atoms with Gasteiger partial charge in [-0.2, -0.15) is 0 Å². The van der Waals surface area contributed by atoms with E-state index < -0.39 is 9.84 Å². The predicted octanol–water partition coefficient (Wildman–Crippen LogP) is 1.31. The minimum atomic E-state index is -2.79. The Kier molecular flexibility index (Phi) is 5.69. The maximum absolute atomic E-state index is 11.4. The van der Waals surface area contributed by atoms with Gasteiger partial charge in [-0.3, -0.25) is 4.99 Å². The Morgan fingerprint density at radius 2 is 1.95 bits per heavy atom. The van der Waals surface area contributed by atoms with Gasteiger partial charge in [-0.25, -0.2) is 8.42 Å². The van der Waals surface area contributed by atoms with Gasteiger partial charge < -0.3 is 10.6 Å². The van der Waals surface area contributed by atoms with Crippen LogP contribution in [0.2, 0.25) is 0 Å². The molecule has 116 valence electrons.